The molecule has 1 aromatic carbocycles. The lowest BCUT2D eigenvalue weighted by Crippen LogP contribution is -2.57. The second kappa shape index (κ2) is 8.07. The van der Waals surface area contributed by atoms with Gasteiger partial charge < -0.3 is 10.6 Å². The number of piperidine rings is 1. The summed E-state index contributed by atoms with van der Waals surface area (Å²) in [6.45, 7) is 3.64. The van der Waals surface area contributed by atoms with Crippen LogP contribution in [0.4, 0.5) is 26.3 Å². The monoisotopic (exact) mass is 370 g/mol. The molecule has 1 aliphatic rings. The van der Waals surface area contributed by atoms with Crippen LogP contribution in [0.15, 0.2) is 12.1 Å². The number of rotatable bonds is 2. The first-order chi connectivity index (χ1) is 11.5. The van der Waals surface area contributed by atoms with Crippen molar-refractivity contribution in [1.29, 1.82) is 0 Å². The van der Waals surface area contributed by atoms with Gasteiger partial charge in [0.1, 0.15) is 12.4 Å². The summed E-state index contributed by atoms with van der Waals surface area (Å²) in [4.78, 5) is 12.3. The molecule has 0 spiro atoms. The molecule has 0 aliphatic carbocycles. The average Bonchev–Trinajstić information content (AvgIpc) is 2.53. The third kappa shape index (κ3) is 4.65. The van der Waals surface area contributed by atoms with Crippen LogP contribution in [0.3, 0.4) is 0 Å². The molecular formula is C16H20F6N2O. The van der Waals surface area contributed by atoms with Crippen molar-refractivity contribution < 1.29 is 31.1 Å². The number of amides is 1. The minimum Gasteiger partial charge on any atom is -0.329 e. The second-order valence-electron chi connectivity index (χ2n) is 5.53. The maximum absolute atomic E-state index is 13.9. The molecule has 1 saturated heterocycles. The number of likely N-dealkylation sites (tertiary alicyclic amines) is 1. The Balaban J connectivity index is 0.00000151. The normalized spacial score (nSPS) is 24.0. The van der Waals surface area contributed by atoms with Gasteiger partial charge in [-0.3, -0.25) is 4.79 Å². The molecule has 2 N–H and O–H groups in total. The van der Waals surface area contributed by atoms with E-state index < -0.39 is 59.6 Å². The van der Waals surface area contributed by atoms with Crippen molar-refractivity contribution in [3.8, 4) is 0 Å². The van der Waals surface area contributed by atoms with Gasteiger partial charge in [-0.1, -0.05) is 13.8 Å². The number of nitrogens with two attached hydrogens (primary N) is 1. The van der Waals surface area contributed by atoms with Crippen LogP contribution in [0, 0.1) is 17.5 Å². The first-order valence-corrected chi connectivity index (χ1v) is 7.79. The summed E-state index contributed by atoms with van der Waals surface area (Å²) in [6.07, 6.45) is -4.96. The van der Waals surface area contributed by atoms with Crippen molar-refractivity contribution in [3.63, 3.8) is 0 Å². The van der Waals surface area contributed by atoms with Gasteiger partial charge in [-0.15, -0.1) is 0 Å². The van der Waals surface area contributed by atoms with Gasteiger partial charge in [0.2, 0.25) is 5.91 Å². The van der Waals surface area contributed by atoms with E-state index in [9.17, 15) is 31.1 Å². The summed E-state index contributed by atoms with van der Waals surface area (Å²) in [5.74, 6) is -6.02. The van der Waals surface area contributed by atoms with Gasteiger partial charge in [0, 0.05) is 17.5 Å². The molecule has 3 nitrogen and oxygen atoms in total. The summed E-state index contributed by atoms with van der Waals surface area (Å²) in [5, 5.41) is 0. The van der Waals surface area contributed by atoms with E-state index in [4.69, 9.17) is 5.73 Å². The Bertz CT molecular complexity index is 619. The molecule has 0 saturated carbocycles. The van der Waals surface area contributed by atoms with Gasteiger partial charge in [0.05, 0.1) is 6.04 Å². The largest absolute Gasteiger partial charge is 0.406 e. The molecule has 0 radical (unpaired) electrons. The molecule has 1 fully saturated rings. The molecular weight excluding hydrogens is 350 g/mol. The van der Waals surface area contributed by atoms with Crippen LogP contribution in [-0.2, 0) is 4.79 Å². The van der Waals surface area contributed by atoms with Crippen LogP contribution in [0.1, 0.15) is 38.7 Å². The topological polar surface area (TPSA) is 46.3 Å². The Morgan fingerprint density at radius 2 is 1.68 bits per heavy atom. The number of nitrogens with zero attached hydrogens (tertiary/aromatic N) is 1. The third-order valence-corrected chi connectivity index (χ3v) is 3.98. The molecule has 142 valence electrons. The van der Waals surface area contributed by atoms with Crippen molar-refractivity contribution in [2.45, 2.75) is 51.4 Å². The van der Waals surface area contributed by atoms with Crippen molar-refractivity contribution in [1.82, 2.24) is 4.90 Å². The Morgan fingerprint density at radius 1 is 1.16 bits per heavy atom. The Hall–Kier alpha value is -1.77. The second-order valence-corrected chi connectivity index (χ2v) is 5.53. The predicted molar refractivity (Wildman–Crippen MR) is 80.2 cm³/mol. The molecule has 1 amide bonds. The highest BCUT2D eigenvalue weighted by Gasteiger charge is 2.45. The number of halogens is 6. The van der Waals surface area contributed by atoms with Crippen LogP contribution in [-0.4, -0.2) is 35.6 Å². The maximum atomic E-state index is 13.9. The van der Waals surface area contributed by atoms with E-state index >= 15 is 0 Å². The van der Waals surface area contributed by atoms with Crippen LogP contribution in [0.25, 0.3) is 0 Å². The SMILES string of the molecule is CC.CC1C(c2c(F)ccc(F)c2F)CC(N)C(=O)N1CC(F)(F)F. The summed E-state index contributed by atoms with van der Waals surface area (Å²) >= 11 is 0. The zero-order chi connectivity index (χ0) is 19.5. The molecule has 2 rings (SSSR count). The summed E-state index contributed by atoms with van der Waals surface area (Å²) in [7, 11) is 0. The van der Waals surface area contributed by atoms with Gasteiger partial charge in [0.15, 0.2) is 11.6 Å². The van der Waals surface area contributed by atoms with Crippen LogP contribution >= 0.6 is 0 Å². The minimum absolute atomic E-state index is 0.272. The lowest BCUT2D eigenvalue weighted by Gasteiger charge is -2.42. The lowest BCUT2D eigenvalue weighted by atomic mass is 9.81. The number of benzene rings is 1. The first-order valence-electron chi connectivity index (χ1n) is 7.79. The van der Waals surface area contributed by atoms with Crippen LogP contribution in [0.2, 0.25) is 0 Å². The smallest absolute Gasteiger partial charge is 0.329 e. The zero-order valence-electron chi connectivity index (χ0n) is 14.0. The Morgan fingerprint density at radius 3 is 2.20 bits per heavy atom. The standard InChI is InChI=1S/C14H14F6N2O.C2H6/c1-6-7(11-8(15)2-3-9(16)12(11)17)4-10(21)13(23)22(6)5-14(18,19)20;1-2/h2-3,6-7,10H,4-5,21H2,1H3;1-2H3. The molecule has 1 aliphatic heterocycles. The van der Waals surface area contributed by atoms with E-state index in [2.05, 4.69) is 0 Å². The fourth-order valence-electron chi connectivity index (χ4n) is 2.86. The lowest BCUT2D eigenvalue weighted by molar-refractivity contribution is -0.170. The maximum Gasteiger partial charge on any atom is 0.406 e. The first kappa shape index (κ1) is 21.3. The highest BCUT2D eigenvalue weighted by molar-refractivity contribution is 5.83. The summed E-state index contributed by atoms with van der Waals surface area (Å²) in [5.41, 5.74) is 4.83. The third-order valence-electron chi connectivity index (χ3n) is 3.98. The summed E-state index contributed by atoms with van der Waals surface area (Å²) in [6, 6.07) is -1.26. The zero-order valence-corrected chi connectivity index (χ0v) is 14.0. The van der Waals surface area contributed by atoms with E-state index in [0.29, 0.717) is 17.0 Å². The van der Waals surface area contributed by atoms with Crippen molar-refractivity contribution in [3.05, 3.63) is 35.1 Å². The number of alkyl halides is 3. The van der Waals surface area contributed by atoms with Gasteiger partial charge >= 0.3 is 6.18 Å². The van der Waals surface area contributed by atoms with E-state index in [1.54, 1.807) is 0 Å². The quantitative estimate of drug-likeness (QED) is 0.637. The van der Waals surface area contributed by atoms with E-state index in [1.165, 1.54) is 6.92 Å². The fourth-order valence-corrected chi connectivity index (χ4v) is 2.86. The minimum atomic E-state index is -4.69. The number of carbonyl (C=O) groups excluding carboxylic acids is 1. The Kier molecular flexibility index (Phi) is 6.87. The van der Waals surface area contributed by atoms with Crippen molar-refractivity contribution >= 4 is 5.91 Å². The van der Waals surface area contributed by atoms with E-state index in [-0.39, 0.29) is 6.42 Å². The number of carbonyl (C=O) groups is 1. The van der Waals surface area contributed by atoms with Gasteiger partial charge in [-0.05, 0) is 25.5 Å². The van der Waals surface area contributed by atoms with Gasteiger partial charge in [-0.2, -0.15) is 13.2 Å². The number of hydrogen-bond acceptors (Lipinski definition) is 2. The van der Waals surface area contributed by atoms with Gasteiger partial charge in [0.25, 0.3) is 0 Å². The molecule has 25 heavy (non-hydrogen) atoms. The molecule has 9 heteroatoms. The number of hydrogen-bond donors (Lipinski definition) is 1. The van der Waals surface area contributed by atoms with E-state index in [1.807, 2.05) is 13.8 Å². The molecule has 0 bridgehead atoms. The molecule has 3 atom stereocenters. The fraction of sp³-hybridized carbons (Fsp3) is 0.562. The average molecular weight is 370 g/mol. The molecule has 3 unspecified atom stereocenters. The van der Waals surface area contributed by atoms with Crippen LogP contribution in [0.5, 0.6) is 0 Å². The van der Waals surface area contributed by atoms with Crippen LogP contribution < -0.4 is 5.73 Å². The molecule has 1 aromatic rings. The van der Waals surface area contributed by atoms with E-state index in [0.717, 1.165) is 0 Å². The summed E-state index contributed by atoms with van der Waals surface area (Å²) < 4.78 is 79.1. The highest BCUT2D eigenvalue weighted by atomic mass is 19.4. The predicted octanol–water partition coefficient (Wildman–Crippen LogP) is 3.72. The van der Waals surface area contributed by atoms with Gasteiger partial charge in [-0.25, -0.2) is 13.2 Å². The highest BCUT2D eigenvalue weighted by Crippen LogP contribution is 2.37. The van der Waals surface area contributed by atoms with Crippen molar-refractivity contribution in [2.75, 3.05) is 6.54 Å². The Labute approximate surface area is 141 Å². The van der Waals surface area contributed by atoms with Crippen molar-refractivity contribution in [2.24, 2.45) is 5.73 Å². The molecule has 1 heterocycles. The molecule has 0 aromatic heterocycles.